The second-order valence-corrected chi connectivity index (χ2v) is 6.78. The molecule has 3 aromatic carbocycles. The predicted octanol–water partition coefficient (Wildman–Crippen LogP) is 6.44. The number of ether oxygens (including phenoxy) is 2. The molecule has 0 aromatic heterocycles. The van der Waals surface area contributed by atoms with Gasteiger partial charge in [0, 0.05) is 5.56 Å². The topological polar surface area (TPSA) is 35.5 Å². The molecule has 0 aliphatic heterocycles. The molecule has 3 aromatic rings. The third-order valence-corrected chi connectivity index (χ3v) is 4.45. The van der Waals surface area contributed by atoms with Crippen LogP contribution < -0.4 is 4.74 Å². The standard InChI is InChI=1S/C26H26O3/c1-2-3-6-15-23-16-17-24(26(27)29-20-22-13-9-5-10-14-22)18-25(23)28-19-21-11-7-4-8-12-21/h4-18H,2-3,19-20H2,1H3/b15-6+. The van der Waals surface area contributed by atoms with E-state index < -0.39 is 0 Å². The highest BCUT2D eigenvalue weighted by molar-refractivity contribution is 5.90. The van der Waals surface area contributed by atoms with Crippen LogP contribution in [0, 0.1) is 0 Å². The Bertz CT molecular complexity index is 931. The third kappa shape index (κ3) is 6.35. The second-order valence-electron chi connectivity index (χ2n) is 6.78. The quantitative estimate of drug-likeness (QED) is 0.397. The van der Waals surface area contributed by atoms with Crippen molar-refractivity contribution in [2.45, 2.75) is 33.0 Å². The van der Waals surface area contributed by atoms with Gasteiger partial charge in [-0.05, 0) is 29.7 Å². The molecule has 0 aliphatic carbocycles. The maximum absolute atomic E-state index is 12.5. The van der Waals surface area contributed by atoms with Crippen LogP contribution >= 0.6 is 0 Å². The Labute approximate surface area is 172 Å². The molecule has 0 aliphatic rings. The molecular weight excluding hydrogens is 360 g/mol. The number of esters is 1. The first-order valence-corrected chi connectivity index (χ1v) is 9.94. The molecule has 0 amide bonds. The van der Waals surface area contributed by atoms with Gasteiger partial charge in [-0.1, -0.05) is 92.2 Å². The molecule has 3 heteroatoms. The van der Waals surface area contributed by atoms with Crippen molar-refractivity contribution in [3.63, 3.8) is 0 Å². The predicted molar refractivity (Wildman–Crippen MR) is 117 cm³/mol. The first kappa shape index (κ1) is 20.4. The van der Waals surface area contributed by atoms with Crippen molar-refractivity contribution in [2.75, 3.05) is 0 Å². The van der Waals surface area contributed by atoms with E-state index in [1.54, 1.807) is 12.1 Å². The Kier molecular flexibility index (Phi) is 7.64. The normalized spacial score (nSPS) is 10.8. The fraction of sp³-hybridized carbons (Fsp3) is 0.192. The summed E-state index contributed by atoms with van der Waals surface area (Å²) in [7, 11) is 0. The zero-order valence-electron chi connectivity index (χ0n) is 16.7. The molecule has 29 heavy (non-hydrogen) atoms. The highest BCUT2D eigenvalue weighted by Crippen LogP contribution is 2.24. The minimum atomic E-state index is -0.359. The maximum atomic E-state index is 12.5. The lowest BCUT2D eigenvalue weighted by Crippen LogP contribution is -2.06. The molecule has 3 nitrogen and oxygen atoms in total. The van der Waals surface area contributed by atoms with Crippen molar-refractivity contribution < 1.29 is 14.3 Å². The molecule has 0 saturated heterocycles. The molecule has 0 spiro atoms. The molecule has 3 rings (SSSR count). The summed E-state index contributed by atoms with van der Waals surface area (Å²) < 4.78 is 11.5. The summed E-state index contributed by atoms with van der Waals surface area (Å²) in [6.07, 6.45) is 6.25. The summed E-state index contributed by atoms with van der Waals surface area (Å²) in [6, 6.07) is 25.1. The smallest absolute Gasteiger partial charge is 0.338 e. The van der Waals surface area contributed by atoms with Crippen molar-refractivity contribution in [3.8, 4) is 5.75 Å². The van der Waals surface area contributed by atoms with E-state index >= 15 is 0 Å². The number of hydrogen-bond donors (Lipinski definition) is 0. The number of allylic oxidation sites excluding steroid dienone is 1. The average Bonchev–Trinajstić information content (AvgIpc) is 2.78. The molecule has 0 heterocycles. The SMILES string of the molecule is CCC/C=C/c1ccc(C(=O)OCc2ccccc2)cc1OCc1ccccc1. The van der Waals surface area contributed by atoms with E-state index in [-0.39, 0.29) is 12.6 Å². The van der Waals surface area contributed by atoms with Crippen LogP contribution in [-0.2, 0) is 18.0 Å². The fourth-order valence-electron chi connectivity index (χ4n) is 2.84. The van der Waals surface area contributed by atoms with E-state index in [0.29, 0.717) is 17.9 Å². The fourth-order valence-corrected chi connectivity index (χ4v) is 2.84. The second kappa shape index (κ2) is 10.9. The minimum Gasteiger partial charge on any atom is -0.488 e. The average molecular weight is 386 g/mol. The van der Waals surface area contributed by atoms with Crippen molar-refractivity contribution in [2.24, 2.45) is 0 Å². The molecule has 0 unspecified atom stereocenters. The summed E-state index contributed by atoms with van der Waals surface area (Å²) in [4.78, 5) is 12.5. The van der Waals surface area contributed by atoms with Crippen molar-refractivity contribution in [1.82, 2.24) is 0 Å². The Morgan fingerprint density at radius 2 is 1.52 bits per heavy atom. The largest absolute Gasteiger partial charge is 0.488 e. The van der Waals surface area contributed by atoms with Gasteiger partial charge in [0.1, 0.15) is 19.0 Å². The van der Waals surface area contributed by atoms with Gasteiger partial charge in [-0.25, -0.2) is 4.79 Å². The zero-order chi connectivity index (χ0) is 20.3. The minimum absolute atomic E-state index is 0.248. The molecule has 0 saturated carbocycles. The van der Waals surface area contributed by atoms with E-state index in [4.69, 9.17) is 9.47 Å². The first-order chi connectivity index (χ1) is 14.3. The van der Waals surface area contributed by atoms with E-state index in [1.807, 2.05) is 72.8 Å². The van der Waals surface area contributed by atoms with Gasteiger partial charge in [0.2, 0.25) is 0 Å². The highest BCUT2D eigenvalue weighted by Gasteiger charge is 2.12. The number of unbranched alkanes of at least 4 members (excludes halogenated alkanes) is 1. The van der Waals surface area contributed by atoms with Crippen LogP contribution in [0.5, 0.6) is 5.75 Å². The summed E-state index contributed by atoms with van der Waals surface area (Å²) in [5, 5.41) is 0. The van der Waals surface area contributed by atoms with Gasteiger partial charge in [0.05, 0.1) is 5.56 Å². The van der Waals surface area contributed by atoms with Crippen LogP contribution in [0.4, 0.5) is 0 Å². The third-order valence-electron chi connectivity index (χ3n) is 4.45. The summed E-state index contributed by atoms with van der Waals surface area (Å²) in [6.45, 7) is 2.83. The van der Waals surface area contributed by atoms with Crippen molar-refractivity contribution >= 4 is 12.0 Å². The summed E-state index contributed by atoms with van der Waals surface area (Å²) in [5.41, 5.74) is 3.47. The van der Waals surface area contributed by atoms with Crippen LogP contribution in [0.3, 0.4) is 0 Å². The molecule has 0 N–H and O–H groups in total. The molecule has 0 radical (unpaired) electrons. The van der Waals surface area contributed by atoms with Crippen LogP contribution in [0.1, 0.15) is 46.8 Å². The van der Waals surface area contributed by atoms with Gasteiger partial charge in [0.25, 0.3) is 0 Å². The first-order valence-electron chi connectivity index (χ1n) is 9.94. The van der Waals surface area contributed by atoms with Gasteiger partial charge in [-0.15, -0.1) is 0 Å². The highest BCUT2D eigenvalue weighted by atomic mass is 16.5. The molecular formula is C26H26O3. The molecule has 0 atom stereocenters. The number of carbonyl (C=O) groups excluding carboxylic acids is 1. The summed E-state index contributed by atoms with van der Waals surface area (Å²) >= 11 is 0. The zero-order valence-corrected chi connectivity index (χ0v) is 16.7. The van der Waals surface area contributed by atoms with Crippen molar-refractivity contribution in [3.05, 3.63) is 107 Å². The Morgan fingerprint density at radius 3 is 2.17 bits per heavy atom. The van der Waals surface area contributed by atoms with Gasteiger partial charge >= 0.3 is 5.97 Å². The number of rotatable bonds is 9. The van der Waals surface area contributed by atoms with Crippen LogP contribution in [0.25, 0.3) is 6.08 Å². The van der Waals surface area contributed by atoms with Gasteiger partial charge in [-0.3, -0.25) is 0 Å². The molecule has 148 valence electrons. The number of benzene rings is 3. The lowest BCUT2D eigenvalue weighted by Gasteiger charge is -2.12. The Balaban J connectivity index is 1.74. The van der Waals surface area contributed by atoms with E-state index in [1.165, 1.54) is 0 Å². The van der Waals surface area contributed by atoms with E-state index in [0.717, 1.165) is 29.5 Å². The van der Waals surface area contributed by atoms with Gasteiger partial charge in [0.15, 0.2) is 0 Å². The molecule has 0 bridgehead atoms. The van der Waals surface area contributed by atoms with Crippen molar-refractivity contribution in [1.29, 1.82) is 0 Å². The van der Waals surface area contributed by atoms with Gasteiger partial charge < -0.3 is 9.47 Å². The number of hydrogen-bond acceptors (Lipinski definition) is 3. The number of carbonyl (C=O) groups is 1. The lowest BCUT2D eigenvalue weighted by atomic mass is 10.1. The van der Waals surface area contributed by atoms with Gasteiger partial charge in [-0.2, -0.15) is 0 Å². The molecule has 0 fully saturated rings. The monoisotopic (exact) mass is 386 g/mol. The van der Waals surface area contributed by atoms with Crippen LogP contribution in [0.2, 0.25) is 0 Å². The Morgan fingerprint density at radius 1 is 0.862 bits per heavy atom. The van der Waals surface area contributed by atoms with Crippen LogP contribution in [-0.4, -0.2) is 5.97 Å². The lowest BCUT2D eigenvalue weighted by molar-refractivity contribution is 0.0472. The Hall–Kier alpha value is -3.33. The van der Waals surface area contributed by atoms with E-state index in [2.05, 4.69) is 13.0 Å². The van der Waals surface area contributed by atoms with Crippen LogP contribution in [0.15, 0.2) is 84.9 Å². The summed E-state index contributed by atoms with van der Waals surface area (Å²) in [5.74, 6) is 0.317. The maximum Gasteiger partial charge on any atom is 0.338 e. The van der Waals surface area contributed by atoms with E-state index in [9.17, 15) is 4.79 Å².